The first-order valence-corrected chi connectivity index (χ1v) is 10.7. The third kappa shape index (κ3) is 4.95. The van der Waals surface area contributed by atoms with E-state index in [2.05, 4.69) is 32.3 Å². The first-order chi connectivity index (χ1) is 14.8. The second kappa shape index (κ2) is 8.53. The molecule has 0 radical (unpaired) electrons. The first kappa shape index (κ1) is 21.1. The maximum Gasteiger partial charge on any atom is 0.410 e. The van der Waals surface area contributed by atoms with Crippen LogP contribution in [0.2, 0.25) is 0 Å². The summed E-state index contributed by atoms with van der Waals surface area (Å²) in [5.74, 6) is 0.488. The summed E-state index contributed by atoms with van der Waals surface area (Å²) in [7, 11) is 0. The maximum absolute atomic E-state index is 12.6. The number of hydrogen-bond donors (Lipinski definition) is 1. The molecule has 2 aliphatic rings. The van der Waals surface area contributed by atoms with Gasteiger partial charge in [-0.3, -0.25) is 4.79 Å². The fourth-order valence-corrected chi connectivity index (χ4v) is 3.99. The fraction of sp³-hybridized carbons (Fsp3) is 0.478. The van der Waals surface area contributed by atoms with Crippen molar-refractivity contribution in [1.82, 2.24) is 20.2 Å². The Morgan fingerprint density at radius 1 is 1.06 bits per heavy atom. The van der Waals surface area contributed by atoms with Crippen molar-refractivity contribution in [3.05, 3.63) is 53.5 Å². The summed E-state index contributed by atoms with van der Waals surface area (Å²) in [5, 5.41) is 3.07. The van der Waals surface area contributed by atoms with Crippen molar-refractivity contribution in [2.75, 3.05) is 31.1 Å². The molecule has 0 bridgehead atoms. The van der Waals surface area contributed by atoms with E-state index in [1.165, 1.54) is 17.3 Å². The smallest absolute Gasteiger partial charge is 0.410 e. The quantitative estimate of drug-likeness (QED) is 0.817. The number of nitrogens with zero attached hydrogens (tertiary/aromatic N) is 4. The third-order valence-electron chi connectivity index (χ3n) is 5.56. The van der Waals surface area contributed by atoms with E-state index in [9.17, 15) is 9.59 Å². The topological polar surface area (TPSA) is 87.7 Å². The summed E-state index contributed by atoms with van der Waals surface area (Å²) in [4.78, 5) is 37.4. The van der Waals surface area contributed by atoms with Crippen LogP contribution in [0.5, 0.6) is 0 Å². The second-order valence-corrected chi connectivity index (χ2v) is 8.98. The Kier molecular flexibility index (Phi) is 5.80. The van der Waals surface area contributed by atoms with E-state index >= 15 is 0 Å². The normalized spacial score (nSPS) is 18.5. The average molecular weight is 424 g/mol. The molecule has 31 heavy (non-hydrogen) atoms. The van der Waals surface area contributed by atoms with Gasteiger partial charge in [0, 0.05) is 26.2 Å². The van der Waals surface area contributed by atoms with Crippen molar-refractivity contribution in [1.29, 1.82) is 0 Å². The number of anilines is 1. The van der Waals surface area contributed by atoms with Crippen molar-refractivity contribution >= 4 is 17.8 Å². The molecule has 1 aliphatic carbocycles. The van der Waals surface area contributed by atoms with Gasteiger partial charge in [-0.1, -0.05) is 24.3 Å². The molecule has 1 saturated heterocycles. The molecular formula is C23H29N5O3. The molecule has 0 saturated carbocycles. The van der Waals surface area contributed by atoms with E-state index in [1.54, 1.807) is 11.1 Å². The van der Waals surface area contributed by atoms with E-state index in [0.717, 1.165) is 12.8 Å². The molecule has 2 aromatic rings. The molecule has 8 nitrogen and oxygen atoms in total. The van der Waals surface area contributed by atoms with Crippen molar-refractivity contribution < 1.29 is 14.3 Å². The highest BCUT2D eigenvalue weighted by Crippen LogP contribution is 2.30. The number of aryl methyl sites for hydroxylation is 1. The number of ether oxygens (including phenoxy) is 1. The highest BCUT2D eigenvalue weighted by molar-refractivity contribution is 5.92. The monoisotopic (exact) mass is 423 g/mol. The van der Waals surface area contributed by atoms with E-state index in [4.69, 9.17) is 4.74 Å². The van der Waals surface area contributed by atoms with Gasteiger partial charge in [0.1, 0.15) is 17.1 Å². The van der Waals surface area contributed by atoms with Gasteiger partial charge in [0.05, 0.1) is 18.4 Å². The largest absolute Gasteiger partial charge is 0.444 e. The number of benzene rings is 1. The van der Waals surface area contributed by atoms with Gasteiger partial charge in [0.15, 0.2) is 0 Å². The molecule has 2 amide bonds. The van der Waals surface area contributed by atoms with Gasteiger partial charge in [-0.2, -0.15) is 0 Å². The number of nitrogens with one attached hydrogen (secondary N) is 1. The van der Waals surface area contributed by atoms with Gasteiger partial charge in [-0.15, -0.1) is 0 Å². The Morgan fingerprint density at radius 3 is 2.48 bits per heavy atom. The summed E-state index contributed by atoms with van der Waals surface area (Å²) in [6.07, 6.45) is 4.73. The Bertz CT molecular complexity index is 946. The van der Waals surface area contributed by atoms with Crippen LogP contribution in [0.4, 0.5) is 10.6 Å². The van der Waals surface area contributed by atoms with Crippen molar-refractivity contribution in [3.8, 4) is 0 Å². The number of amides is 2. The molecule has 1 atom stereocenters. The zero-order valence-corrected chi connectivity index (χ0v) is 18.3. The van der Waals surface area contributed by atoms with Crippen LogP contribution in [-0.2, 0) is 11.2 Å². The molecule has 164 valence electrons. The lowest BCUT2D eigenvalue weighted by atomic mass is 10.1. The Labute approximate surface area is 182 Å². The number of rotatable bonds is 3. The molecule has 0 spiro atoms. The van der Waals surface area contributed by atoms with E-state index in [1.807, 2.05) is 32.9 Å². The van der Waals surface area contributed by atoms with Crippen LogP contribution in [-0.4, -0.2) is 58.6 Å². The predicted molar refractivity (Wildman–Crippen MR) is 117 cm³/mol. The number of fused-ring (bicyclic) bond motifs is 1. The number of piperazine rings is 1. The Balaban J connectivity index is 1.32. The van der Waals surface area contributed by atoms with Crippen LogP contribution in [0.25, 0.3) is 0 Å². The third-order valence-corrected chi connectivity index (χ3v) is 5.56. The molecule has 1 aliphatic heterocycles. The lowest BCUT2D eigenvalue weighted by Crippen LogP contribution is -2.50. The summed E-state index contributed by atoms with van der Waals surface area (Å²) < 4.78 is 5.43. The lowest BCUT2D eigenvalue weighted by Gasteiger charge is -2.36. The zero-order chi connectivity index (χ0) is 22.0. The van der Waals surface area contributed by atoms with Crippen LogP contribution >= 0.6 is 0 Å². The number of aromatic nitrogens is 2. The van der Waals surface area contributed by atoms with Crippen LogP contribution in [0, 0.1) is 0 Å². The summed E-state index contributed by atoms with van der Waals surface area (Å²) in [6.45, 7) is 7.97. The zero-order valence-electron chi connectivity index (χ0n) is 18.3. The van der Waals surface area contributed by atoms with E-state index in [0.29, 0.717) is 37.7 Å². The van der Waals surface area contributed by atoms with Crippen LogP contribution in [0.1, 0.15) is 54.8 Å². The van der Waals surface area contributed by atoms with Crippen LogP contribution in [0.15, 0.2) is 36.7 Å². The molecule has 8 heteroatoms. The minimum absolute atomic E-state index is 0.0195. The molecule has 1 aromatic heterocycles. The van der Waals surface area contributed by atoms with E-state index < -0.39 is 5.60 Å². The molecule has 1 unspecified atom stereocenters. The summed E-state index contributed by atoms with van der Waals surface area (Å²) in [5.41, 5.74) is 2.28. The molecule has 4 rings (SSSR count). The van der Waals surface area contributed by atoms with Crippen LogP contribution < -0.4 is 10.2 Å². The van der Waals surface area contributed by atoms with Crippen molar-refractivity contribution in [2.24, 2.45) is 0 Å². The molecule has 1 aromatic carbocycles. The Hall–Kier alpha value is -3.16. The highest BCUT2D eigenvalue weighted by Gasteiger charge is 2.27. The number of hydrogen-bond acceptors (Lipinski definition) is 6. The minimum atomic E-state index is -0.503. The fourth-order valence-electron chi connectivity index (χ4n) is 3.99. The van der Waals surface area contributed by atoms with Crippen LogP contribution in [0.3, 0.4) is 0 Å². The summed E-state index contributed by atoms with van der Waals surface area (Å²) >= 11 is 0. The standard InChI is InChI=1S/C23H29N5O3/c1-23(2,3)31-22(30)28-12-10-27(11-13-28)20-15-24-19(14-25-20)21(29)26-18-9-8-16-6-4-5-7-17(16)18/h4-7,14-15,18H,8-13H2,1-3H3,(H,26,29). The lowest BCUT2D eigenvalue weighted by molar-refractivity contribution is 0.0240. The molecular weight excluding hydrogens is 394 g/mol. The SMILES string of the molecule is CC(C)(C)OC(=O)N1CCN(c2cnc(C(=O)NC3CCc4ccccc43)cn2)CC1. The van der Waals surface area contributed by atoms with E-state index in [-0.39, 0.29) is 18.0 Å². The highest BCUT2D eigenvalue weighted by atomic mass is 16.6. The maximum atomic E-state index is 12.6. The summed E-state index contributed by atoms with van der Waals surface area (Å²) in [6, 6.07) is 8.23. The molecule has 1 N–H and O–H groups in total. The Morgan fingerprint density at radius 2 is 1.81 bits per heavy atom. The van der Waals surface area contributed by atoms with Gasteiger partial charge >= 0.3 is 6.09 Å². The minimum Gasteiger partial charge on any atom is -0.444 e. The van der Waals surface area contributed by atoms with Gasteiger partial charge in [0.2, 0.25) is 0 Å². The van der Waals surface area contributed by atoms with Gasteiger partial charge in [-0.25, -0.2) is 14.8 Å². The van der Waals surface area contributed by atoms with Gasteiger partial charge in [0.25, 0.3) is 5.91 Å². The van der Waals surface area contributed by atoms with Crippen molar-refractivity contribution in [3.63, 3.8) is 0 Å². The molecule has 1 fully saturated rings. The second-order valence-electron chi connectivity index (χ2n) is 8.98. The van der Waals surface area contributed by atoms with Gasteiger partial charge < -0.3 is 19.9 Å². The molecule has 2 heterocycles. The number of carbonyl (C=O) groups excluding carboxylic acids is 2. The number of carbonyl (C=O) groups is 2. The van der Waals surface area contributed by atoms with Gasteiger partial charge in [-0.05, 0) is 44.7 Å². The first-order valence-electron chi connectivity index (χ1n) is 10.7. The average Bonchev–Trinajstić information content (AvgIpc) is 3.16. The van der Waals surface area contributed by atoms with Crippen molar-refractivity contribution in [2.45, 2.75) is 45.3 Å². The predicted octanol–water partition coefficient (Wildman–Crippen LogP) is 2.95.